The monoisotopic (exact) mass is 370 g/mol. The summed E-state index contributed by atoms with van der Waals surface area (Å²) in [5.74, 6) is -0.155. The lowest BCUT2D eigenvalue weighted by Crippen LogP contribution is -2.28. The summed E-state index contributed by atoms with van der Waals surface area (Å²) in [5.41, 5.74) is 4.33. The molecule has 1 aliphatic rings. The molecule has 1 N–H and O–H groups in total. The first kappa shape index (κ1) is 18.4. The summed E-state index contributed by atoms with van der Waals surface area (Å²) >= 11 is 1.32. The van der Waals surface area contributed by atoms with Crippen LogP contribution in [0.4, 0.5) is 11.4 Å². The molecule has 0 spiro atoms. The molecule has 1 atom stereocenters. The Morgan fingerprint density at radius 1 is 1.23 bits per heavy atom. The molecule has 2 aromatic rings. The Morgan fingerprint density at radius 2 is 1.92 bits per heavy atom. The average Bonchev–Trinajstić information content (AvgIpc) is 2.99. The Hall–Kier alpha value is -2.41. The van der Waals surface area contributed by atoms with Crippen LogP contribution in [-0.4, -0.2) is 33.6 Å². The second-order valence-electron chi connectivity index (χ2n) is 6.42. The fraction of sp³-hybridized carbons (Fsp3) is 0.368. The highest BCUT2D eigenvalue weighted by Gasteiger charge is 2.26. The van der Waals surface area contributed by atoms with Crippen LogP contribution in [0.25, 0.3) is 0 Å². The molecular weight excluding hydrogens is 348 g/mol. The number of hydrogen-bond donors (Lipinski definition) is 1. The van der Waals surface area contributed by atoms with E-state index in [9.17, 15) is 9.59 Å². The van der Waals surface area contributed by atoms with Gasteiger partial charge >= 0.3 is 0 Å². The molecule has 136 valence electrons. The Labute approximate surface area is 157 Å². The summed E-state index contributed by atoms with van der Waals surface area (Å²) in [6.45, 7) is 7.84. The first-order valence-electron chi connectivity index (χ1n) is 8.55. The Morgan fingerprint density at radius 3 is 2.58 bits per heavy atom. The van der Waals surface area contributed by atoms with E-state index < -0.39 is 0 Å². The molecule has 7 heteroatoms. The zero-order chi connectivity index (χ0) is 18.8. The van der Waals surface area contributed by atoms with Gasteiger partial charge in [0.25, 0.3) is 0 Å². The molecule has 1 aromatic carbocycles. The molecule has 0 aliphatic carbocycles. The minimum Gasteiger partial charge on any atom is -0.323 e. The van der Waals surface area contributed by atoms with Gasteiger partial charge in [0.1, 0.15) is 0 Å². The van der Waals surface area contributed by atoms with Crippen LogP contribution < -0.4 is 10.2 Å². The Bertz CT molecular complexity index is 848. The molecular formula is C19H22N4O2S. The molecule has 0 saturated heterocycles. The van der Waals surface area contributed by atoms with Crippen LogP contribution in [0.3, 0.4) is 0 Å². The number of benzene rings is 1. The number of carbonyl (C=O) groups excluding carboxylic acids is 2. The molecule has 2 heterocycles. The molecule has 1 aromatic heterocycles. The fourth-order valence-electron chi connectivity index (χ4n) is 3.06. The van der Waals surface area contributed by atoms with E-state index in [1.54, 1.807) is 11.8 Å². The highest BCUT2D eigenvalue weighted by Crippen LogP contribution is 2.36. The molecule has 6 nitrogen and oxygen atoms in total. The zero-order valence-electron chi connectivity index (χ0n) is 15.4. The predicted molar refractivity (Wildman–Crippen MR) is 104 cm³/mol. The van der Waals surface area contributed by atoms with Crippen molar-refractivity contribution in [3.63, 3.8) is 0 Å². The van der Waals surface area contributed by atoms with E-state index in [4.69, 9.17) is 0 Å². The topological polar surface area (TPSA) is 75.2 Å². The van der Waals surface area contributed by atoms with Crippen LogP contribution in [0.15, 0.2) is 29.4 Å². The molecule has 0 fully saturated rings. The maximum absolute atomic E-state index is 12.7. The SMILES string of the molecule is CC(=O)N1CCc2cccc(NC(=O)C(C)Sc3nc(C)cc(C)n3)c21. The standard InChI is InChI=1S/C19H22N4O2S/c1-11-10-12(2)21-19(20-11)26-13(3)18(25)22-16-7-5-6-15-8-9-23(14(4)24)17(15)16/h5-7,10,13H,8-9H2,1-4H3,(H,22,25). The van der Waals surface area contributed by atoms with E-state index in [0.717, 1.165) is 29.1 Å². The maximum Gasteiger partial charge on any atom is 0.237 e. The number of aryl methyl sites for hydroxylation is 2. The molecule has 1 unspecified atom stereocenters. The lowest BCUT2D eigenvalue weighted by Gasteiger charge is -2.20. The minimum atomic E-state index is -0.362. The summed E-state index contributed by atoms with van der Waals surface area (Å²) in [6.07, 6.45) is 0.805. The van der Waals surface area contributed by atoms with Gasteiger partial charge in [-0.1, -0.05) is 23.9 Å². The molecule has 1 aliphatic heterocycles. The highest BCUT2D eigenvalue weighted by atomic mass is 32.2. The molecule has 26 heavy (non-hydrogen) atoms. The van der Waals surface area contributed by atoms with Gasteiger partial charge in [0.05, 0.1) is 16.6 Å². The normalized spacial score (nSPS) is 14.1. The number of carbonyl (C=O) groups is 2. The van der Waals surface area contributed by atoms with Gasteiger partial charge in [-0.2, -0.15) is 0 Å². The third kappa shape index (κ3) is 3.88. The average molecular weight is 370 g/mol. The van der Waals surface area contributed by atoms with Gasteiger partial charge in [-0.3, -0.25) is 9.59 Å². The van der Waals surface area contributed by atoms with Crippen molar-refractivity contribution in [2.24, 2.45) is 0 Å². The molecule has 0 saturated carbocycles. The summed E-state index contributed by atoms with van der Waals surface area (Å²) < 4.78 is 0. The van der Waals surface area contributed by atoms with E-state index >= 15 is 0 Å². The molecule has 0 bridgehead atoms. The van der Waals surface area contributed by atoms with Crippen molar-refractivity contribution in [3.8, 4) is 0 Å². The van der Waals surface area contributed by atoms with Crippen molar-refractivity contribution in [2.75, 3.05) is 16.8 Å². The number of thioether (sulfide) groups is 1. The van der Waals surface area contributed by atoms with Crippen molar-refractivity contribution in [2.45, 2.75) is 44.5 Å². The van der Waals surface area contributed by atoms with Crippen LogP contribution in [0, 0.1) is 13.8 Å². The quantitative estimate of drug-likeness (QED) is 0.661. The number of rotatable bonds is 4. The van der Waals surface area contributed by atoms with Crippen LogP contribution in [-0.2, 0) is 16.0 Å². The van der Waals surface area contributed by atoms with Crippen molar-refractivity contribution in [1.29, 1.82) is 0 Å². The summed E-state index contributed by atoms with van der Waals surface area (Å²) in [5, 5.41) is 3.20. The second kappa shape index (κ2) is 7.45. The van der Waals surface area contributed by atoms with Crippen LogP contribution in [0.1, 0.15) is 30.8 Å². The molecule has 0 radical (unpaired) electrons. The van der Waals surface area contributed by atoms with Crippen molar-refractivity contribution >= 4 is 35.0 Å². The maximum atomic E-state index is 12.7. The largest absolute Gasteiger partial charge is 0.323 e. The number of amides is 2. The van der Waals surface area contributed by atoms with Gasteiger partial charge in [-0.25, -0.2) is 9.97 Å². The highest BCUT2D eigenvalue weighted by molar-refractivity contribution is 8.00. The third-order valence-electron chi connectivity index (χ3n) is 4.25. The van der Waals surface area contributed by atoms with E-state index in [-0.39, 0.29) is 17.1 Å². The first-order valence-corrected chi connectivity index (χ1v) is 9.43. The third-order valence-corrected chi connectivity index (χ3v) is 5.21. The second-order valence-corrected chi connectivity index (χ2v) is 7.72. The molecule has 2 amide bonds. The fourth-order valence-corrected chi connectivity index (χ4v) is 3.94. The summed E-state index contributed by atoms with van der Waals surface area (Å²) in [6, 6.07) is 7.64. The van der Waals surface area contributed by atoms with Gasteiger partial charge in [-0.15, -0.1) is 0 Å². The van der Waals surface area contributed by atoms with Crippen molar-refractivity contribution in [3.05, 3.63) is 41.2 Å². The number of fused-ring (bicyclic) bond motifs is 1. The van der Waals surface area contributed by atoms with Gasteiger partial charge in [-0.05, 0) is 44.9 Å². The number of hydrogen-bond acceptors (Lipinski definition) is 5. The van der Waals surface area contributed by atoms with Crippen molar-refractivity contribution in [1.82, 2.24) is 9.97 Å². The Kier molecular flexibility index (Phi) is 5.27. The lowest BCUT2D eigenvalue weighted by atomic mass is 10.1. The van der Waals surface area contributed by atoms with Crippen LogP contribution in [0.2, 0.25) is 0 Å². The van der Waals surface area contributed by atoms with Gasteiger partial charge in [0, 0.05) is 24.9 Å². The van der Waals surface area contributed by atoms with E-state index in [2.05, 4.69) is 15.3 Å². The van der Waals surface area contributed by atoms with Gasteiger partial charge in [0.2, 0.25) is 11.8 Å². The smallest absolute Gasteiger partial charge is 0.237 e. The predicted octanol–water partition coefficient (Wildman–Crippen LogP) is 3.12. The van der Waals surface area contributed by atoms with Gasteiger partial charge in [0.15, 0.2) is 5.16 Å². The number of para-hydroxylation sites is 1. The van der Waals surface area contributed by atoms with Crippen molar-refractivity contribution < 1.29 is 9.59 Å². The first-order chi connectivity index (χ1) is 12.3. The van der Waals surface area contributed by atoms with Crippen LogP contribution in [0.5, 0.6) is 0 Å². The lowest BCUT2D eigenvalue weighted by molar-refractivity contribution is -0.117. The number of aromatic nitrogens is 2. The Balaban J connectivity index is 1.76. The summed E-state index contributed by atoms with van der Waals surface area (Å²) in [7, 11) is 0. The minimum absolute atomic E-state index is 0.0171. The zero-order valence-corrected chi connectivity index (χ0v) is 16.2. The van der Waals surface area contributed by atoms with E-state index in [0.29, 0.717) is 17.4 Å². The summed E-state index contributed by atoms with van der Waals surface area (Å²) in [4.78, 5) is 35.0. The number of anilines is 2. The van der Waals surface area contributed by atoms with Gasteiger partial charge < -0.3 is 10.2 Å². The molecule has 3 rings (SSSR count). The van der Waals surface area contributed by atoms with E-state index in [1.807, 2.05) is 45.0 Å². The van der Waals surface area contributed by atoms with E-state index in [1.165, 1.54) is 11.8 Å². The number of nitrogens with one attached hydrogen (secondary N) is 1. The number of nitrogens with zero attached hydrogens (tertiary/aromatic N) is 3. The van der Waals surface area contributed by atoms with Crippen LogP contribution >= 0.6 is 11.8 Å².